The second kappa shape index (κ2) is 4.66. The van der Waals surface area contributed by atoms with Crippen molar-refractivity contribution in [3.05, 3.63) is 65.5 Å². The van der Waals surface area contributed by atoms with Crippen LogP contribution in [0.2, 0.25) is 0 Å². The van der Waals surface area contributed by atoms with Crippen molar-refractivity contribution in [3.63, 3.8) is 0 Å². The molecule has 2 heteroatoms. The predicted octanol–water partition coefficient (Wildman–Crippen LogP) is 3.88. The van der Waals surface area contributed by atoms with E-state index in [0.717, 1.165) is 5.69 Å². The zero-order valence-electron chi connectivity index (χ0n) is 10.2. The van der Waals surface area contributed by atoms with E-state index in [4.69, 9.17) is 0 Å². The van der Waals surface area contributed by atoms with Crippen LogP contribution in [-0.4, -0.2) is 4.98 Å². The normalized spacial score (nSPS) is 11.5. The van der Waals surface area contributed by atoms with Gasteiger partial charge in [-0.05, 0) is 17.7 Å². The molecule has 0 N–H and O–H groups in total. The molecular formula is C15H16FN. The first-order chi connectivity index (χ1) is 8.14. The number of hydrogen-bond acceptors (Lipinski definition) is 1. The van der Waals surface area contributed by atoms with Crippen molar-refractivity contribution in [2.45, 2.75) is 25.9 Å². The molecule has 0 unspecified atom stereocenters. The van der Waals surface area contributed by atoms with Crippen LogP contribution in [0.3, 0.4) is 0 Å². The Kier molecular flexibility index (Phi) is 3.23. The summed E-state index contributed by atoms with van der Waals surface area (Å²) in [6.45, 7) is 3.69. The first-order valence-corrected chi connectivity index (χ1v) is 5.72. The van der Waals surface area contributed by atoms with Gasteiger partial charge in [0.15, 0.2) is 0 Å². The van der Waals surface area contributed by atoms with Crippen molar-refractivity contribution in [1.29, 1.82) is 0 Å². The van der Waals surface area contributed by atoms with E-state index in [2.05, 4.69) is 31.0 Å². The van der Waals surface area contributed by atoms with Crippen molar-refractivity contribution in [2.75, 3.05) is 0 Å². The Hall–Kier alpha value is -1.70. The summed E-state index contributed by atoms with van der Waals surface area (Å²) in [7, 11) is 0. The van der Waals surface area contributed by atoms with Gasteiger partial charge in [0, 0.05) is 5.41 Å². The highest BCUT2D eigenvalue weighted by atomic mass is 19.1. The van der Waals surface area contributed by atoms with Crippen molar-refractivity contribution < 1.29 is 4.39 Å². The SMILES string of the molecule is CC(C)(c1ccccc1)c1cccc(CF)n1. The van der Waals surface area contributed by atoms with E-state index in [1.165, 1.54) is 5.56 Å². The molecule has 0 amide bonds. The monoisotopic (exact) mass is 229 g/mol. The number of halogens is 1. The van der Waals surface area contributed by atoms with E-state index < -0.39 is 6.67 Å². The van der Waals surface area contributed by atoms with E-state index in [0.29, 0.717) is 5.69 Å². The lowest BCUT2D eigenvalue weighted by Crippen LogP contribution is -2.20. The van der Waals surface area contributed by atoms with Gasteiger partial charge in [0.2, 0.25) is 0 Å². The van der Waals surface area contributed by atoms with Gasteiger partial charge in [-0.1, -0.05) is 50.2 Å². The highest BCUT2D eigenvalue weighted by Crippen LogP contribution is 2.29. The molecule has 0 fully saturated rings. The average molecular weight is 229 g/mol. The van der Waals surface area contributed by atoms with Crippen molar-refractivity contribution in [1.82, 2.24) is 4.98 Å². The van der Waals surface area contributed by atoms with Crippen molar-refractivity contribution in [2.24, 2.45) is 0 Å². The van der Waals surface area contributed by atoms with Crippen molar-refractivity contribution >= 4 is 0 Å². The Morgan fingerprint density at radius 1 is 1.00 bits per heavy atom. The molecular weight excluding hydrogens is 213 g/mol. The standard InChI is InChI=1S/C15H16FN/c1-15(2,12-7-4-3-5-8-12)14-10-6-9-13(11-16)17-14/h3-10H,11H2,1-2H3. The van der Waals surface area contributed by atoms with Gasteiger partial charge in [-0.3, -0.25) is 4.98 Å². The highest BCUT2D eigenvalue weighted by Gasteiger charge is 2.24. The highest BCUT2D eigenvalue weighted by molar-refractivity contribution is 5.34. The van der Waals surface area contributed by atoms with Gasteiger partial charge in [0.25, 0.3) is 0 Å². The maximum Gasteiger partial charge on any atom is 0.131 e. The lowest BCUT2D eigenvalue weighted by molar-refractivity contribution is 0.471. The van der Waals surface area contributed by atoms with E-state index in [1.807, 2.05) is 30.3 Å². The molecule has 0 aliphatic rings. The number of alkyl halides is 1. The second-order valence-electron chi connectivity index (χ2n) is 4.64. The third kappa shape index (κ3) is 2.36. The lowest BCUT2D eigenvalue weighted by Gasteiger charge is -2.25. The van der Waals surface area contributed by atoms with E-state index in [9.17, 15) is 4.39 Å². The molecule has 0 bridgehead atoms. The van der Waals surface area contributed by atoms with Crippen LogP contribution in [0.5, 0.6) is 0 Å². The number of nitrogens with zero attached hydrogens (tertiary/aromatic N) is 1. The molecule has 2 rings (SSSR count). The van der Waals surface area contributed by atoms with E-state index >= 15 is 0 Å². The smallest absolute Gasteiger partial charge is 0.131 e. The Balaban J connectivity index is 2.44. The van der Waals surface area contributed by atoms with E-state index in [1.54, 1.807) is 6.07 Å². The Morgan fingerprint density at radius 2 is 1.71 bits per heavy atom. The Labute approximate surface area is 101 Å². The first-order valence-electron chi connectivity index (χ1n) is 5.72. The summed E-state index contributed by atoms with van der Waals surface area (Å²) in [6, 6.07) is 15.7. The topological polar surface area (TPSA) is 12.9 Å². The maximum absolute atomic E-state index is 12.6. The molecule has 0 radical (unpaired) electrons. The zero-order chi connectivity index (χ0) is 12.3. The number of hydrogen-bond donors (Lipinski definition) is 0. The summed E-state index contributed by atoms with van der Waals surface area (Å²) in [4.78, 5) is 4.36. The minimum Gasteiger partial charge on any atom is -0.254 e. The first kappa shape index (κ1) is 11.8. The van der Waals surface area contributed by atoms with Gasteiger partial charge in [-0.2, -0.15) is 0 Å². The summed E-state index contributed by atoms with van der Waals surface area (Å²) in [6.07, 6.45) is 0. The third-order valence-corrected chi connectivity index (χ3v) is 3.08. The fourth-order valence-electron chi connectivity index (χ4n) is 1.90. The van der Waals surface area contributed by atoms with Gasteiger partial charge in [0.1, 0.15) is 6.67 Å². The van der Waals surface area contributed by atoms with Gasteiger partial charge in [-0.15, -0.1) is 0 Å². The molecule has 1 nitrogen and oxygen atoms in total. The van der Waals surface area contributed by atoms with Gasteiger partial charge < -0.3 is 0 Å². The van der Waals surface area contributed by atoms with Crippen LogP contribution in [0, 0.1) is 0 Å². The van der Waals surface area contributed by atoms with Crippen LogP contribution in [0.1, 0.15) is 30.8 Å². The summed E-state index contributed by atoms with van der Waals surface area (Å²) < 4.78 is 12.6. The molecule has 0 atom stereocenters. The average Bonchev–Trinajstić information content (AvgIpc) is 2.40. The molecule has 0 aliphatic heterocycles. The molecule has 1 aromatic carbocycles. The summed E-state index contributed by atoms with van der Waals surface area (Å²) in [5.74, 6) is 0. The third-order valence-electron chi connectivity index (χ3n) is 3.08. The summed E-state index contributed by atoms with van der Waals surface area (Å²) >= 11 is 0. The van der Waals surface area contributed by atoms with Crippen LogP contribution in [0.15, 0.2) is 48.5 Å². The summed E-state index contributed by atoms with van der Waals surface area (Å²) in [5, 5.41) is 0. The van der Waals surface area contributed by atoms with Crippen LogP contribution >= 0.6 is 0 Å². The maximum atomic E-state index is 12.6. The molecule has 1 aromatic heterocycles. The second-order valence-corrected chi connectivity index (χ2v) is 4.64. The number of benzene rings is 1. The minimum atomic E-state index is -0.515. The minimum absolute atomic E-state index is 0.202. The molecule has 0 spiro atoms. The molecule has 1 heterocycles. The van der Waals surface area contributed by atoms with Crippen LogP contribution in [0.25, 0.3) is 0 Å². The van der Waals surface area contributed by atoms with E-state index in [-0.39, 0.29) is 5.41 Å². The van der Waals surface area contributed by atoms with Crippen LogP contribution in [0.4, 0.5) is 4.39 Å². The van der Waals surface area contributed by atoms with Gasteiger partial charge in [0.05, 0.1) is 11.4 Å². The zero-order valence-corrected chi connectivity index (χ0v) is 10.2. The lowest BCUT2D eigenvalue weighted by atomic mass is 9.81. The predicted molar refractivity (Wildman–Crippen MR) is 67.6 cm³/mol. The fraction of sp³-hybridized carbons (Fsp3) is 0.267. The largest absolute Gasteiger partial charge is 0.254 e. The molecule has 0 aliphatic carbocycles. The number of pyridine rings is 1. The molecule has 17 heavy (non-hydrogen) atoms. The summed E-state index contributed by atoms with van der Waals surface area (Å²) in [5.41, 5.74) is 2.38. The Morgan fingerprint density at radius 3 is 2.35 bits per heavy atom. The molecule has 88 valence electrons. The molecule has 2 aromatic rings. The molecule has 0 saturated heterocycles. The van der Waals surface area contributed by atoms with Crippen molar-refractivity contribution in [3.8, 4) is 0 Å². The number of rotatable bonds is 3. The number of aromatic nitrogens is 1. The van der Waals surface area contributed by atoms with Crippen LogP contribution in [-0.2, 0) is 12.1 Å². The van der Waals surface area contributed by atoms with Gasteiger partial charge in [-0.25, -0.2) is 4.39 Å². The molecule has 0 saturated carbocycles. The quantitative estimate of drug-likeness (QED) is 0.778. The Bertz CT molecular complexity index is 491. The fourth-order valence-corrected chi connectivity index (χ4v) is 1.90. The van der Waals surface area contributed by atoms with Gasteiger partial charge >= 0.3 is 0 Å². The van der Waals surface area contributed by atoms with Crippen LogP contribution < -0.4 is 0 Å².